The highest BCUT2D eigenvalue weighted by Gasteiger charge is 2.14. The quantitative estimate of drug-likeness (QED) is 0.780. The minimum atomic E-state index is 0.243. The first-order valence-corrected chi connectivity index (χ1v) is 7.28. The van der Waals surface area contributed by atoms with Gasteiger partial charge in [0.25, 0.3) is 0 Å². The molecule has 0 saturated heterocycles. The van der Waals surface area contributed by atoms with Gasteiger partial charge in [0.1, 0.15) is 5.75 Å². The molecule has 0 unspecified atom stereocenters. The number of nitrogens with zero attached hydrogens (tertiary/aromatic N) is 1. The molecule has 3 nitrogen and oxygen atoms in total. The normalized spacial score (nSPS) is 11.8. The van der Waals surface area contributed by atoms with Crippen LogP contribution in [0.25, 0.3) is 10.9 Å². The van der Waals surface area contributed by atoms with Crippen molar-refractivity contribution in [3.63, 3.8) is 0 Å². The van der Waals surface area contributed by atoms with Gasteiger partial charge in [0.15, 0.2) is 0 Å². The van der Waals surface area contributed by atoms with Gasteiger partial charge in [-0.2, -0.15) is 0 Å². The Balaban J connectivity index is 1.78. The smallest absolute Gasteiger partial charge is 0.121 e. The third-order valence-corrected chi connectivity index (χ3v) is 3.65. The van der Waals surface area contributed by atoms with E-state index < -0.39 is 0 Å². The van der Waals surface area contributed by atoms with Crippen molar-refractivity contribution >= 4 is 10.9 Å². The average Bonchev–Trinajstić information content (AvgIpc) is 2.46. The van der Waals surface area contributed by atoms with Crippen LogP contribution in [-0.4, -0.2) is 18.1 Å². The maximum absolute atomic E-state index is 5.79. The van der Waals surface area contributed by atoms with E-state index in [1.807, 2.05) is 18.2 Å². The lowest BCUT2D eigenvalue weighted by atomic mass is 9.87. The topological polar surface area (TPSA) is 48.1 Å². The maximum Gasteiger partial charge on any atom is 0.121 e. The van der Waals surface area contributed by atoms with Gasteiger partial charge in [-0.3, -0.25) is 4.98 Å². The van der Waals surface area contributed by atoms with Crippen LogP contribution in [0.2, 0.25) is 0 Å². The van der Waals surface area contributed by atoms with Crippen LogP contribution in [0.5, 0.6) is 5.75 Å². The zero-order valence-corrected chi connectivity index (χ0v) is 12.4. The van der Waals surface area contributed by atoms with Crippen LogP contribution in [0.15, 0.2) is 36.5 Å². The highest BCUT2D eigenvalue weighted by atomic mass is 16.5. The first-order chi connectivity index (χ1) is 9.61. The Bertz CT molecular complexity index is 551. The molecule has 108 valence electrons. The van der Waals surface area contributed by atoms with Gasteiger partial charge in [0, 0.05) is 17.6 Å². The second kappa shape index (κ2) is 6.71. The fourth-order valence-electron chi connectivity index (χ4n) is 2.13. The summed E-state index contributed by atoms with van der Waals surface area (Å²) in [7, 11) is 0. The van der Waals surface area contributed by atoms with Crippen molar-refractivity contribution in [1.29, 1.82) is 0 Å². The van der Waals surface area contributed by atoms with E-state index in [2.05, 4.69) is 31.0 Å². The van der Waals surface area contributed by atoms with E-state index in [1.165, 1.54) is 0 Å². The van der Waals surface area contributed by atoms with Crippen LogP contribution in [0, 0.1) is 5.41 Å². The molecule has 3 heteroatoms. The monoisotopic (exact) mass is 272 g/mol. The Morgan fingerprint density at radius 1 is 1.20 bits per heavy atom. The summed E-state index contributed by atoms with van der Waals surface area (Å²) in [6.07, 6.45) is 5.16. The number of hydrogen-bond donors (Lipinski definition) is 1. The Morgan fingerprint density at radius 2 is 2.05 bits per heavy atom. The van der Waals surface area contributed by atoms with Crippen LogP contribution in [-0.2, 0) is 0 Å². The Morgan fingerprint density at radius 3 is 2.85 bits per heavy atom. The van der Waals surface area contributed by atoms with Gasteiger partial charge >= 0.3 is 0 Å². The second-order valence-corrected chi connectivity index (χ2v) is 6.03. The van der Waals surface area contributed by atoms with Crippen molar-refractivity contribution in [1.82, 2.24) is 4.98 Å². The van der Waals surface area contributed by atoms with Crippen LogP contribution >= 0.6 is 0 Å². The third kappa shape index (κ3) is 4.20. The number of ether oxygens (including phenoxy) is 1. The van der Waals surface area contributed by atoms with Crippen molar-refractivity contribution in [3.05, 3.63) is 36.5 Å². The van der Waals surface area contributed by atoms with Gasteiger partial charge in [-0.25, -0.2) is 0 Å². The third-order valence-electron chi connectivity index (χ3n) is 3.65. The molecule has 0 amide bonds. The van der Waals surface area contributed by atoms with Crippen molar-refractivity contribution in [2.75, 3.05) is 13.2 Å². The number of benzene rings is 1. The largest absolute Gasteiger partial charge is 0.494 e. The standard InChI is InChI=1S/C17H24N2O/c1-17(2,13-18)9-3-4-11-20-15-8-7-14-6-5-10-19-16(14)12-15/h5-8,10,12H,3-4,9,11,13,18H2,1-2H3. The molecule has 0 aliphatic heterocycles. The summed E-state index contributed by atoms with van der Waals surface area (Å²) in [4.78, 5) is 4.34. The molecular weight excluding hydrogens is 248 g/mol. The lowest BCUT2D eigenvalue weighted by Crippen LogP contribution is -2.23. The van der Waals surface area contributed by atoms with Gasteiger partial charge in [0.05, 0.1) is 12.1 Å². The number of fused-ring (bicyclic) bond motifs is 1. The molecule has 0 atom stereocenters. The molecule has 1 heterocycles. The number of hydrogen-bond acceptors (Lipinski definition) is 3. The highest BCUT2D eigenvalue weighted by molar-refractivity contribution is 5.79. The fraction of sp³-hybridized carbons (Fsp3) is 0.471. The molecule has 0 bridgehead atoms. The van der Waals surface area contributed by atoms with Gasteiger partial charge in [-0.05, 0) is 49.4 Å². The SMILES string of the molecule is CC(C)(CN)CCCCOc1ccc2cccnc2c1. The molecule has 1 aromatic heterocycles. The minimum Gasteiger partial charge on any atom is -0.494 e. The summed E-state index contributed by atoms with van der Waals surface area (Å²) in [5, 5.41) is 1.14. The lowest BCUT2D eigenvalue weighted by molar-refractivity contribution is 0.279. The van der Waals surface area contributed by atoms with Crippen molar-refractivity contribution in [2.45, 2.75) is 33.1 Å². The van der Waals surface area contributed by atoms with E-state index in [0.717, 1.165) is 49.1 Å². The molecule has 2 N–H and O–H groups in total. The van der Waals surface area contributed by atoms with Crippen LogP contribution < -0.4 is 10.5 Å². The molecule has 2 aromatic rings. The number of pyridine rings is 1. The summed E-state index contributed by atoms with van der Waals surface area (Å²) in [5.41, 5.74) is 6.95. The molecule has 2 rings (SSSR count). The number of nitrogens with two attached hydrogens (primary N) is 1. The summed E-state index contributed by atoms with van der Waals surface area (Å²) in [5.74, 6) is 0.897. The Kier molecular flexibility index (Phi) is 4.96. The number of rotatable bonds is 7. The highest BCUT2D eigenvalue weighted by Crippen LogP contribution is 2.22. The number of unbranched alkanes of at least 4 members (excludes halogenated alkanes) is 1. The van der Waals surface area contributed by atoms with Crippen LogP contribution in [0.4, 0.5) is 0 Å². The van der Waals surface area contributed by atoms with Crippen LogP contribution in [0.3, 0.4) is 0 Å². The molecule has 0 aliphatic rings. The van der Waals surface area contributed by atoms with E-state index in [4.69, 9.17) is 10.5 Å². The van der Waals surface area contributed by atoms with E-state index in [9.17, 15) is 0 Å². The second-order valence-electron chi connectivity index (χ2n) is 6.03. The molecule has 0 aliphatic carbocycles. The summed E-state index contributed by atoms with van der Waals surface area (Å²) in [6, 6.07) is 10.1. The Labute approximate surface area is 121 Å². The first-order valence-electron chi connectivity index (χ1n) is 7.28. The van der Waals surface area contributed by atoms with E-state index in [0.29, 0.717) is 0 Å². The number of aromatic nitrogens is 1. The van der Waals surface area contributed by atoms with E-state index in [1.54, 1.807) is 6.20 Å². The maximum atomic E-state index is 5.79. The first kappa shape index (κ1) is 14.8. The molecule has 0 spiro atoms. The Hall–Kier alpha value is -1.61. The van der Waals surface area contributed by atoms with Gasteiger partial charge in [0.2, 0.25) is 0 Å². The molecule has 20 heavy (non-hydrogen) atoms. The predicted molar refractivity (Wildman–Crippen MR) is 83.9 cm³/mol. The molecular formula is C17H24N2O. The van der Waals surface area contributed by atoms with Gasteiger partial charge in [-0.15, -0.1) is 0 Å². The van der Waals surface area contributed by atoms with Crippen molar-refractivity contribution in [2.24, 2.45) is 11.1 Å². The fourth-order valence-corrected chi connectivity index (χ4v) is 2.13. The lowest BCUT2D eigenvalue weighted by Gasteiger charge is -2.21. The molecule has 0 fully saturated rings. The predicted octanol–water partition coefficient (Wildman–Crippen LogP) is 3.77. The summed E-state index contributed by atoms with van der Waals surface area (Å²) >= 11 is 0. The summed E-state index contributed by atoms with van der Waals surface area (Å²) < 4.78 is 5.79. The van der Waals surface area contributed by atoms with Crippen molar-refractivity contribution < 1.29 is 4.74 Å². The zero-order chi connectivity index (χ0) is 14.4. The van der Waals surface area contributed by atoms with E-state index >= 15 is 0 Å². The average molecular weight is 272 g/mol. The minimum absolute atomic E-state index is 0.243. The summed E-state index contributed by atoms with van der Waals surface area (Å²) in [6.45, 7) is 5.91. The molecule has 0 radical (unpaired) electrons. The van der Waals surface area contributed by atoms with Crippen molar-refractivity contribution in [3.8, 4) is 5.75 Å². The molecule has 0 saturated carbocycles. The van der Waals surface area contributed by atoms with Gasteiger partial charge in [-0.1, -0.05) is 19.9 Å². The molecule has 1 aromatic carbocycles. The van der Waals surface area contributed by atoms with Crippen LogP contribution in [0.1, 0.15) is 33.1 Å². The van der Waals surface area contributed by atoms with E-state index in [-0.39, 0.29) is 5.41 Å². The van der Waals surface area contributed by atoms with Gasteiger partial charge < -0.3 is 10.5 Å². The zero-order valence-electron chi connectivity index (χ0n) is 12.4.